The number of rotatable bonds is 6. The molecule has 2 rings (SSSR count). The number of esters is 1. The Morgan fingerprint density at radius 2 is 1.78 bits per heavy atom. The molecule has 0 bridgehead atoms. The van der Waals surface area contributed by atoms with Crippen molar-refractivity contribution in [2.75, 3.05) is 7.11 Å². The van der Waals surface area contributed by atoms with Crippen LogP contribution in [0.4, 0.5) is 4.79 Å². The number of nitrogens with one attached hydrogen (secondary N) is 3. The third kappa shape index (κ3) is 5.30. The van der Waals surface area contributed by atoms with E-state index >= 15 is 0 Å². The summed E-state index contributed by atoms with van der Waals surface area (Å²) < 4.78 is 10.3. The number of aromatic nitrogens is 2. The van der Waals surface area contributed by atoms with Gasteiger partial charge in [-0.2, -0.15) is 5.10 Å². The van der Waals surface area contributed by atoms with Gasteiger partial charge in [-0.3, -0.25) is 15.2 Å². The molecule has 0 unspecified atom stereocenters. The van der Waals surface area contributed by atoms with Gasteiger partial charge in [0, 0.05) is 11.6 Å². The van der Waals surface area contributed by atoms with Crippen molar-refractivity contribution in [3.05, 3.63) is 36.0 Å². The number of urea groups is 1. The topological polar surface area (TPSA) is 122 Å². The third-order valence-corrected chi connectivity index (χ3v) is 3.55. The molecule has 0 fully saturated rings. The first-order valence-corrected chi connectivity index (χ1v) is 8.32. The van der Waals surface area contributed by atoms with Crippen molar-refractivity contribution in [1.82, 2.24) is 20.8 Å². The smallest absolute Gasteiger partial charge is 0.342 e. The van der Waals surface area contributed by atoms with E-state index in [9.17, 15) is 14.4 Å². The van der Waals surface area contributed by atoms with Crippen LogP contribution in [0.1, 0.15) is 31.1 Å². The van der Waals surface area contributed by atoms with Gasteiger partial charge in [-0.15, -0.1) is 0 Å². The minimum Gasteiger partial charge on any atom is -0.497 e. The van der Waals surface area contributed by atoms with Crippen molar-refractivity contribution in [2.45, 2.75) is 32.9 Å². The first-order chi connectivity index (χ1) is 12.8. The summed E-state index contributed by atoms with van der Waals surface area (Å²) in [6, 6.07) is 6.22. The normalized spacial score (nSPS) is 11.6. The number of hydrogen-bond donors (Lipinski definition) is 3. The van der Waals surface area contributed by atoms with Gasteiger partial charge in [0.05, 0.1) is 19.0 Å². The first kappa shape index (κ1) is 20.0. The highest BCUT2D eigenvalue weighted by molar-refractivity contribution is 6.00. The van der Waals surface area contributed by atoms with Gasteiger partial charge in [0.1, 0.15) is 11.3 Å². The maximum atomic E-state index is 12.4. The van der Waals surface area contributed by atoms with Crippen molar-refractivity contribution < 1.29 is 23.9 Å². The molecule has 0 aliphatic carbocycles. The zero-order valence-electron chi connectivity index (χ0n) is 15.5. The summed E-state index contributed by atoms with van der Waals surface area (Å²) in [6.07, 6.45) is 0.159. The van der Waals surface area contributed by atoms with Crippen LogP contribution in [-0.4, -0.2) is 47.4 Å². The molecule has 2 aromatic rings. The number of aromatic amines is 1. The van der Waals surface area contributed by atoms with E-state index in [0.717, 1.165) is 0 Å². The molecule has 144 valence electrons. The van der Waals surface area contributed by atoms with Gasteiger partial charge in [-0.25, -0.2) is 9.59 Å². The molecule has 0 spiro atoms. The number of nitrogens with zero attached hydrogens (tertiary/aromatic N) is 1. The highest BCUT2D eigenvalue weighted by Crippen LogP contribution is 2.24. The number of benzene rings is 1. The summed E-state index contributed by atoms with van der Waals surface area (Å²) in [5.74, 6) is -0.787. The van der Waals surface area contributed by atoms with Gasteiger partial charge >= 0.3 is 12.0 Å². The van der Waals surface area contributed by atoms with Crippen molar-refractivity contribution in [1.29, 1.82) is 0 Å². The van der Waals surface area contributed by atoms with Crippen LogP contribution >= 0.6 is 0 Å². The van der Waals surface area contributed by atoms with E-state index in [2.05, 4.69) is 20.8 Å². The molecule has 0 saturated carbocycles. The Bertz CT molecular complexity index is 813. The molecule has 0 radical (unpaired) electrons. The highest BCUT2D eigenvalue weighted by Gasteiger charge is 2.24. The summed E-state index contributed by atoms with van der Waals surface area (Å²) in [5.41, 5.74) is 1.33. The maximum Gasteiger partial charge on any atom is 0.342 e. The van der Waals surface area contributed by atoms with E-state index in [0.29, 0.717) is 17.0 Å². The zero-order chi connectivity index (χ0) is 20.0. The molecule has 0 aliphatic heterocycles. The average Bonchev–Trinajstić information content (AvgIpc) is 3.10. The summed E-state index contributed by atoms with van der Waals surface area (Å²) in [4.78, 5) is 36.0. The SMILES string of the molecule is COc1ccc(-c2[nH]ncc2C(=O)O[C@H](C)C(=O)NC(=O)NC(C)C)cc1. The van der Waals surface area contributed by atoms with Gasteiger partial charge in [-0.05, 0) is 45.0 Å². The van der Waals surface area contributed by atoms with E-state index in [-0.39, 0.29) is 11.6 Å². The maximum absolute atomic E-state index is 12.4. The lowest BCUT2D eigenvalue weighted by atomic mass is 10.1. The Hall–Kier alpha value is -3.36. The fourth-order valence-electron chi connectivity index (χ4n) is 2.21. The van der Waals surface area contributed by atoms with Crippen molar-refractivity contribution in [2.24, 2.45) is 0 Å². The molecule has 9 nitrogen and oxygen atoms in total. The molecular formula is C18H22N4O5. The van der Waals surface area contributed by atoms with Gasteiger partial charge in [-0.1, -0.05) is 0 Å². The van der Waals surface area contributed by atoms with Crippen LogP contribution in [0, 0.1) is 0 Å². The fraction of sp³-hybridized carbons (Fsp3) is 0.333. The highest BCUT2D eigenvalue weighted by atomic mass is 16.5. The number of hydrogen-bond acceptors (Lipinski definition) is 6. The molecule has 3 amide bonds. The van der Waals surface area contributed by atoms with Crippen LogP contribution in [0.25, 0.3) is 11.3 Å². The monoisotopic (exact) mass is 374 g/mol. The molecule has 3 N–H and O–H groups in total. The Balaban J connectivity index is 2.05. The van der Waals surface area contributed by atoms with Crippen LogP contribution in [0.5, 0.6) is 5.75 Å². The van der Waals surface area contributed by atoms with Crippen LogP contribution in [0.15, 0.2) is 30.5 Å². The predicted molar refractivity (Wildman–Crippen MR) is 97.3 cm³/mol. The minimum absolute atomic E-state index is 0.131. The van der Waals surface area contributed by atoms with Gasteiger partial charge < -0.3 is 14.8 Å². The van der Waals surface area contributed by atoms with E-state index in [1.165, 1.54) is 13.1 Å². The number of methoxy groups -OCH3 is 1. The quantitative estimate of drug-likeness (QED) is 0.664. The van der Waals surface area contributed by atoms with E-state index in [4.69, 9.17) is 9.47 Å². The Morgan fingerprint density at radius 3 is 2.37 bits per heavy atom. The summed E-state index contributed by atoms with van der Waals surface area (Å²) in [5, 5.41) is 11.2. The van der Waals surface area contributed by atoms with Gasteiger partial charge in [0.15, 0.2) is 6.10 Å². The van der Waals surface area contributed by atoms with Crippen LogP contribution in [0.3, 0.4) is 0 Å². The number of amides is 3. The lowest BCUT2D eigenvalue weighted by Crippen LogP contribution is -2.46. The first-order valence-electron chi connectivity index (χ1n) is 8.32. The zero-order valence-corrected chi connectivity index (χ0v) is 15.5. The number of carbonyl (C=O) groups excluding carboxylic acids is 3. The number of carbonyl (C=O) groups is 3. The standard InChI is InChI=1S/C18H22N4O5/c1-10(2)20-18(25)21-16(23)11(3)27-17(24)14-9-19-22-15(14)12-5-7-13(26-4)8-6-12/h5-11H,1-4H3,(H,19,22)(H2,20,21,23,25)/t11-/m1/s1. The molecule has 9 heteroatoms. The summed E-state index contributed by atoms with van der Waals surface area (Å²) >= 11 is 0. The summed E-state index contributed by atoms with van der Waals surface area (Å²) in [6.45, 7) is 4.89. The largest absolute Gasteiger partial charge is 0.497 e. The van der Waals surface area contributed by atoms with Crippen LogP contribution < -0.4 is 15.4 Å². The Morgan fingerprint density at radius 1 is 1.11 bits per heavy atom. The van der Waals surface area contributed by atoms with Gasteiger partial charge in [0.25, 0.3) is 5.91 Å². The molecular weight excluding hydrogens is 352 g/mol. The Kier molecular flexibility index (Phi) is 6.53. The second kappa shape index (κ2) is 8.84. The Labute approximate surface area is 156 Å². The fourth-order valence-corrected chi connectivity index (χ4v) is 2.21. The molecule has 1 aromatic heterocycles. The molecule has 1 atom stereocenters. The van der Waals surface area contributed by atoms with Crippen molar-refractivity contribution in [3.8, 4) is 17.0 Å². The van der Waals surface area contributed by atoms with Crippen LogP contribution in [-0.2, 0) is 9.53 Å². The molecule has 0 saturated heterocycles. The second-order valence-electron chi connectivity index (χ2n) is 6.05. The van der Waals surface area contributed by atoms with E-state index in [1.54, 1.807) is 45.2 Å². The molecule has 27 heavy (non-hydrogen) atoms. The van der Waals surface area contributed by atoms with Crippen LogP contribution in [0.2, 0.25) is 0 Å². The number of ether oxygens (including phenoxy) is 2. The predicted octanol–water partition coefficient (Wildman–Crippen LogP) is 1.86. The van der Waals surface area contributed by atoms with E-state index in [1.807, 2.05) is 0 Å². The van der Waals surface area contributed by atoms with Crippen molar-refractivity contribution >= 4 is 17.9 Å². The second-order valence-corrected chi connectivity index (χ2v) is 6.05. The van der Waals surface area contributed by atoms with E-state index < -0.39 is 24.0 Å². The summed E-state index contributed by atoms with van der Waals surface area (Å²) in [7, 11) is 1.56. The average molecular weight is 374 g/mol. The lowest BCUT2D eigenvalue weighted by Gasteiger charge is -2.14. The van der Waals surface area contributed by atoms with Crippen molar-refractivity contribution in [3.63, 3.8) is 0 Å². The number of H-pyrrole nitrogens is 1. The molecule has 0 aliphatic rings. The molecule has 1 aromatic carbocycles. The number of imide groups is 1. The molecule has 1 heterocycles. The lowest BCUT2D eigenvalue weighted by molar-refractivity contribution is -0.127. The van der Waals surface area contributed by atoms with Gasteiger partial charge in [0.2, 0.25) is 0 Å². The third-order valence-electron chi connectivity index (χ3n) is 3.55. The minimum atomic E-state index is -1.16.